The molecule has 1 fully saturated rings. The van der Waals surface area contributed by atoms with E-state index in [0.29, 0.717) is 18.4 Å². The number of piperidine rings is 1. The van der Waals surface area contributed by atoms with Crippen molar-refractivity contribution >= 4 is 11.6 Å². The molecule has 1 aromatic heterocycles. The van der Waals surface area contributed by atoms with Crippen LogP contribution in [0.1, 0.15) is 25.3 Å². The number of nitrogens with zero attached hydrogens (tertiary/aromatic N) is 4. The van der Waals surface area contributed by atoms with Crippen molar-refractivity contribution in [2.45, 2.75) is 38.8 Å². The highest BCUT2D eigenvalue weighted by atomic mass is 16.1. The number of amides is 1. The molecule has 4 rings (SSSR count). The fourth-order valence-corrected chi connectivity index (χ4v) is 3.64. The molecule has 0 aliphatic carbocycles. The quantitative estimate of drug-likeness (QED) is 0.676. The summed E-state index contributed by atoms with van der Waals surface area (Å²) in [5, 5.41) is 19.1. The van der Waals surface area contributed by atoms with E-state index in [4.69, 9.17) is 0 Å². The number of benzene rings is 2. The molecule has 2 N–H and O–H groups in total. The Kier molecular flexibility index (Phi) is 5.95. The molecule has 7 nitrogen and oxygen atoms in total. The van der Waals surface area contributed by atoms with Gasteiger partial charge in [0.2, 0.25) is 11.7 Å². The van der Waals surface area contributed by atoms with E-state index in [1.54, 1.807) is 4.80 Å². The zero-order chi connectivity index (χ0) is 20.1. The monoisotopic (exact) mass is 390 g/mol. The molecule has 150 valence electrons. The number of anilines is 1. The summed E-state index contributed by atoms with van der Waals surface area (Å²) in [4.78, 5) is 14.1. The molecule has 3 aromatic rings. The summed E-state index contributed by atoms with van der Waals surface area (Å²) in [5.74, 6) is 0.838. The second kappa shape index (κ2) is 8.96. The third kappa shape index (κ3) is 5.06. The van der Waals surface area contributed by atoms with Crippen molar-refractivity contribution < 1.29 is 4.79 Å². The molecular formula is C22H26N6O. The van der Waals surface area contributed by atoms with Gasteiger partial charge in [-0.05, 0) is 55.6 Å². The predicted molar refractivity (Wildman–Crippen MR) is 112 cm³/mol. The first-order chi connectivity index (χ1) is 14.2. The average Bonchev–Trinajstić information content (AvgIpc) is 3.23. The van der Waals surface area contributed by atoms with E-state index in [2.05, 4.69) is 33.0 Å². The number of carbonyl (C=O) groups excluding carboxylic acids is 1. The Morgan fingerprint density at radius 2 is 1.97 bits per heavy atom. The summed E-state index contributed by atoms with van der Waals surface area (Å²) in [7, 11) is 0. The zero-order valence-electron chi connectivity index (χ0n) is 16.6. The van der Waals surface area contributed by atoms with Crippen LogP contribution < -0.4 is 10.6 Å². The van der Waals surface area contributed by atoms with Gasteiger partial charge in [0.05, 0.1) is 6.54 Å². The lowest BCUT2D eigenvalue weighted by Crippen LogP contribution is -2.40. The number of hydrogen-bond acceptors (Lipinski definition) is 5. The molecule has 0 radical (unpaired) electrons. The average molecular weight is 390 g/mol. The summed E-state index contributed by atoms with van der Waals surface area (Å²) >= 11 is 0. The van der Waals surface area contributed by atoms with Crippen LogP contribution in [-0.2, 0) is 17.8 Å². The van der Waals surface area contributed by atoms with Crippen LogP contribution in [0.3, 0.4) is 0 Å². The van der Waals surface area contributed by atoms with Crippen LogP contribution in [0.15, 0.2) is 54.6 Å². The van der Waals surface area contributed by atoms with Gasteiger partial charge in [-0.1, -0.05) is 42.5 Å². The highest BCUT2D eigenvalue weighted by Gasteiger charge is 2.24. The Balaban J connectivity index is 1.30. The van der Waals surface area contributed by atoms with Gasteiger partial charge in [0, 0.05) is 23.2 Å². The van der Waals surface area contributed by atoms with E-state index < -0.39 is 0 Å². The van der Waals surface area contributed by atoms with Gasteiger partial charge in [-0.3, -0.25) is 4.79 Å². The second-order valence-electron chi connectivity index (χ2n) is 7.59. The Hall–Kier alpha value is -3.06. The van der Waals surface area contributed by atoms with Crippen molar-refractivity contribution in [1.82, 2.24) is 25.5 Å². The van der Waals surface area contributed by atoms with Crippen LogP contribution in [0.5, 0.6) is 0 Å². The lowest BCUT2D eigenvalue weighted by atomic mass is 9.92. The van der Waals surface area contributed by atoms with E-state index in [1.807, 2.05) is 54.6 Å². The van der Waals surface area contributed by atoms with Crippen molar-refractivity contribution in [3.8, 4) is 11.4 Å². The Morgan fingerprint density at radius 3 is 2.72 bits per heavy atom. The molecular weight excluding hydrogens is 364 g/mol. The molecule has 1 amide bonds. The van der Waals surface area contributed by atoms with Crippen LogP contribution in [-0.4, -0.2) is 38.7 Å². The van der Waals surface area contributed by atoms with Gasteiger partial charge in [-0.2, -0.15) is 4.80 Å². The van der Waals surface area contributed by atoms with Crippen molar-refractivity contribution in [2.75, 3.05) is 11.9 Å². The minimum absolute atomic E-state index is 0.0862. The van der Waals surface area contributed by atoms with Crippen molar-refractivity contribution in [2.24, 2.45) is 5.92 Å². The maximum atomic E-state index is 12.5. The molecule has 1 saturated heterocycles. The molecule has 2 atom stereocenters. The fourth-order valence-electron chi connectivity index (χ4n) is 3.64. The number of carbonyl (C=O) groups is 1. The molecule has 0 spiro atoms. The van der Waals surface area contributed by atoms with Crippen LogP contribution in [0, 0.1) is 5.92 Å². The van der Waals surface area contributed by atoms with E-state index in [9.17, 15) is 4.79 Å². The third-order valence-electron chi connectivity index (χ3n) is 5.30. The maximum absolute atomic E-state index is 12.5. The Bertz CT molecular complexity index is 937. The molecule has 0 saturated carbocycles. The van der Waals surface area contributed by atoms with Crippen LogP contribution in [0.4, 0.5) is 5.69 Å². The number of tetrazole rings is 1. The van der Waals surface area contributed by atoms with E-state index in [0.717, 1.165) is 42.6 Å². The summed E-state index contributed by atoms with van der Waals surface area (Å²) < 4.78 is 0. The minimum Gasteiger partial charge on any atom is -0.326 e. The molecule has 29 heavy (non-hydrogen) atoms. The third-order valence-corrected chi connectivity index (χ3v) is 5.30. The van der Waals surface area contributed by atoms with Gasteiger partial charge < -0.3 is 10.6 Å². The first-order valence-electron chi connectivity index (χ1n) is 10.1. The van der Waals surface area contributed by atoms with Gasteiger partial charge in [0.25, 0.3) is 0 Å². The summed E-state index contributed by atoms with van der Waals surface area (Å²) in [6.45, 7) is 3.68. The van der Waals surface area contributed by atoms with Crippen LogP contribution >= 0.6 is 0 Å². The highest BCUT2D eigenvalue weighted by molar-refractivity contribution is 5.92. The molecule has 2 aromatic carbocycles. The topological polar surface area (TPSA) is 84.7 Å². The normalized spacial score (nSPS) is 19.1. The number of aromatic nitrogens is 4. The van der Waals surface area contributed by atoms with Crippen LogP contribution in [0.25, 0.3) is 11.4 Å². The van der Waals surface area contributed by atoms with E-state index in [1.165, 1.54) is 0 Å². The van der Waals surface area contributed by atoms with Gasteiger partial charge in [0.15, 0.2) is 0 Å². The zero-order valence-corrected chi connectivity index (χ0v) is 16.6. The Labute approximate surface area is 170 Å². The smallest absolute Gasteiger partial charge is 0.227 e. The standard InChI is InChI=1S/C22H26N6O/c1-16-15-19(11-13-23-16)22(29)24-20-9-7-17(8-10-20)12-14-28-26-21(25-27-28)18-5-3-2-4-6-18/h2-10,16,19,23H,11-15H2,1H3,(H,24,29)/t16-,19-/m0/s1. The lowest BCUT2D eigenvalue weighted by Gasteiger charge is -2.27. The van der Waals surface area contributed by atoms with Gasteiger partial charge in [-0.25, -0.2) is 0 Å². The van der Waals surface area contributed by atoms with Crippen molar-refractivity contribution in [1.29, 1.82) is 0 Å². The molecule has 1 aliphatic rings. The minimum atomic E-state index is 0.0862. The van der Waals surface area contributed by atoms with Gasteiger partial charge in [-0.15, -0.1) is 10.2 Å². The molecule has 0 unspecified atom stereocenters. The first-order valence-corrected chi connectivity index (χ1v) is 10.1. The number of aryl methyl sites for hydroxylation is 2. The number of rotatable bonds is 6. The predicted octanol–water partition coefficient (Wildman–Crippen LogP) is 2.91. The number of nitrogens with one attached hydrogen (secondary N) is 2. The Morgan fingerprint density at radius 1 is 1.17 bits per heavy atom. The molecule has 0 bridgehead atoms. The maximum Gasteiger partial charge on any atom is 0.227 e. The van der Waals surface area contributed by atoms with Gasteiger partial charge >= 0.3 is 0 Å². The summed E-state index contributed by atoms with van der Waals surface area (Å²) in [6, 6.07) is 18.2. The fraction of sp³-hybridized carbons (Fsp3) is 0.364. The first kappa shape index (κ1) is 19.3. The highest BCUT2D eigenvalue weighted by Crippen LogP contribution is 2.19. The largest absolute Gasteiger partial charge is 0.326 e. The molecule has 1 aliphatic heterocycles. The summed E-state index contributed by atoms with van der Waals surface area (Å²) in [5.41, 5.74) is 2.97. The molecule has 2 heterocycles. The summed E-state index contributed by atoms with van der Waals surface area (Å²) in [6.07, 6.45) is 2.58. The van der Waals surface area contributed by atoms with Gasteiger partial charge in [0.1, 0.15) is 0 Å². The van der Waals surface area contributed by atoms with Crippen molar-refractivity contribution in [3.05, 3.63) is 60.2 Å². The van der Waals surface area contributed by atoms with Crippen molar-refractivity contribution in [3.63, 3.8) is 0 Å². The molecule has 7 heteroatoms. The second-order valence-corrected chi connectivity index (χ2v) is 7.59. The SMILES string of the molecule is C[C@H]1C[C@@H](C(=O)Nc2ccc(CCn3nnc(-c4ccccc4)n3)cc2)CCN1. The van der Waals surface area contributed by atoms with E-state index >= 15 is 0 Å². The lowest BCUT2D eigenvalue weighted by molar-refractivity contribution is -0.120. The van der Waals surface area contributed by atoms with Crippen LogP contribution in [0.2, 0.25) is 0 Å². The van der Waals surface area contributed by atoms with E-state index in [-0.39, 0.29) is 11.8 Å². The number of hydrogen-bond donors (Lipinski definition) is 2.